The van der Waals surface area contributed by atoms with Crippen molar-refractivity contribution in [1.82, 2.24) is 19.7 Å². The number of aromatic amines is 1. The minimum Gasteiger partial charge on any atom is -0.501 e. The first-order valence-corrected chi connectivity index (χ1v) is 8.54. The van der Waals surface area contributed by atoms with Gasteiger partial charge in [-0.05, 0) is 24.3 Å². The molecule has 0 spiro atoms. The second kappa shape index (κ2) is 7.69. The average molecular weight is 405 g/mol. The Morgan fingerprint density at radius 2 is 2.07 bits per heavy atom. The molecule has 0 fully saturated rings. The van der Waals surface area contributed by atoms with E-state index in [-0.39, 0.29) is 28.1 Å². The molecule has 0 aliphatic carbocycles. The van der Waals surface area contributed by atoms with Crippen LogP contribution in [0.1, 0.15) is 10.5 Å². The number of hydrogen-bond donors (Lipinski definition) is 3. The number of carbonyl (C=O) groups excluding carboxylic acids is 1. The third-order valence-electron chi connectivity index (χ3n) is 3.72. The summed E-state index contributed by atoms with van der Waals surface area (Å²) in [4.78, 5) is 31.8. The first-order chi connectivity index (χ1) is 12.9. The number of nitrogens with one attached hydrogen (secondary N) is 2. The SMILES string of the molecule is C=C/C(Cl)=C(Cl)\C=C\CNC(=O)c1nc2[nH]c3ccccc3n2c(=O)c1O. The third-order valence-corrected chi connectivity index (χ3v) is 4.50. The van der Waals surface area contributed by atoms with Crippen molar-refractivity contribution in [2.45, 2.75) is 0 Å². The lowest BCUT2D eigenvalue weighted by Crippen LogP contribution is -2.27. The van der Waals surface area contributed by atoms with Gasteiger partial charge in [-0.25, -0.2) is 9.38 Å². The van der Waals surface area contributed by atoms with Crippen LogP contribution in [0, 0.1) is 0 Å². The van der Waals surface area contributed by atoms with Crippen LogP contribution in [0.5, 0.6) is 5.75 Å². The van der Waals surface area contributed by atoms with E-state index in [1.807, 2.05) is 0 Å². The molecule has 3 N–H and O–H groups in total. The van der Waals surface area contributed by atoms with Gasteiger partial charge >= 0.3 is 5.56 Å². The summed E-state index contributed by atoms with van der Waals surface area (Å²) in [6, 6.07) is 7.01. The highest BCUT2D eigenvalue weighted by molar-refractivity contribution is 6.41. The molecule has 27 heavy (non-hydrogen) atoms. The molecule has 9 heteroatoms. The fraction of sp³-hybridized carbons (Fsp3) is 0.0556. The van der Waals surface area contributed by atoms with Gasteiger partial charge in [-0.1, -0.05) is 48.0 Å². The van der Waals surface area contributed by atoms with Crippen molar-refractivity contribution in [3.05, 3.63) is 75.2 Å². The lowest BCUT2D eigenvalue weighted by Gasteiger charge is -2.04. The molecule has 0 radical (unpaired) electrons. The van der Waals surface area contributed by atoms with Crippen LogP contribution in [0.25, 0.3) is 16.8 Å². The molecular formula is C18H14Cl2N4O3. The molecule has 2 heterocycles. The smallest absolute Gasteiger partial charge is 0.302 e. The predicted molar refractivity (Wildman–Crippen MR) is 105 cm³/mol. The molecule has 1 aromatic carbocycles. The Hall–Kier alpha value is -3.03. The van der Waals surface area contributed by atoms with E-state index in [2.05, 4.69) is 21.9 Å². The molecule has 1 amide bonds. The second-order valence-electron chi connectivity index (χ2n) is 5.43. The summed E-state index contributed by atoms with van der Waals surface area (Å²) < 4.78 is 1.21. The van der Waals surface area contributed by atoms with Gasteiger partial charge in [-0.3, -0.25) is 9.59 Å². The van der Waals surface area contributed by atoms with Crippen molar-refractivity contribution in [2.75, 3.05) is 6.54 Å². The molecule has 3 aromatic rings. The number of imidazole rings is 1. The number of amides is 1. The molecule has 0 saturated heterocycles. The van der Waals surface area contributed by atoms with Gasteiger partial charge in [0.25, 0.3) is 5.91 Å². The number of nitrogens with zero attached hydrogens (tertiary/aromatic N) is 2. The molecule has 0 saturated carbocycles. The number of allylic oxidation sites excluding steroid dienone is 4. The Labute approximate surface area is 163 Å². The van der Waals surface area contributed by atoms with E-state index >= 15 is 0 Å². The van der Waals surface area contributed by atoms with Crippen LogP contribution in [0.4, 0.5) is 0 Å². The van der Waals surface area contributed by atoms with Gasteiger partial charge in [0.15, 0.2) is 5.69 Å². The first-order valence-electron chi connectivity index (χ1n) is 7.79. The number of fused-ring (bicyclic) bond motifs is 3. The van der Waals surface area contributed by atoms with Crippen LogP contribution in [0.3, 0.4) is 0 Å². The number of benzene rings is 1. The topological polar surface area (TPSA) is 99.5 Å². The minimum atomic E-state index is -0.734. The van der Waals surface area contributed by atoms with E-state index in [1.165, 1.54) is 16.6 Å². The van der Waals surface area contributed by atoms with E-state index < -0.39 is 17.2 Å². The average Bonchev–Trinajstić information content (AvgIpc) is 3.05. The number of hydrogen-bond acceptors (Lipinski definition) is 4. The van der Waals surface area contributed by atoms with Crippen LogP contribution in [-0.4, -0.2) is 31.9 Å². The summed E-state index contributed by atoms with van der Waals surface area (Å²) in [5.41, 5.74) is 0.103. The lowest BCUT2D eigenvalue weighted by molar-refractivity contribution is 0.0950. The Bertz CT molecular complexity index is 1170. The van der Waals surface area contributed by atoms with Crippen LogP contribution >= 0.6 is 23.2 Å². The van der Waals surface area contributed by atoms with Crippen LogP contribution in [0.2, 0.25) is 0 Å². The van der Waals surface area contributed by atoms with Gasteiger partial charge < -0.3 is 15.4 Å². The predicted octanol–water partition coefficient (Wildman–Crippen LogP) is 3.04. The Morgan fingerprint density at radius 1 is 1.33 bits per heavy atom. The van der Waals surface area contributed by atoms with Crippen molar-refractivity contribution in [3.63, 3.8) is 0 Å². The molecular weight excluding hydrogens is 391 g/mol. The highest BCUT2D eigenvalue weighted by Gasteiger charge is 2.20. The second-order valence-corrected chi connectivity index (χ2v) is 6.24. The molecule has 0 aliphatic heterocycles. The molecule has 7 nitrogen and oxygen atoms in total. The maximum atomic E-state index is 12.5. The van der Waals surface area contributed by atoms with Crippen LogP contribution in [0.15, 0.2) is 63.9 Å². The molecule has 0 bridgehead atoms. The zero-order chi connectivity index (χ0) is 19.6. The molecule has 2 aromatic heterocycles. The number of para-hydroxylation sites is 2. The van der Waals surface area contributed by atoms with E-state index in [9.17, 15) is 14.7 Å². The summed E-state index contributed by atoms with van der Waals surface area (Å²) in [7, 11) is 0. The van der Waals surface area contributed by atoms with Crippen molar-refractivity contribution >= 4 is 45.9 Å². The molecule has 0 aliphatic rings. The lowest BCUT2D eigenvalue weighted by atomic mass is 10.3. The number of aromatic nitrogens is 3. The van der Waals surface area contributed by atoms with Crippen LogP contribution in [-0.2, 0) is 0 Å². The molecule has 3 rings (SSSR count). The standard InChI is InChI=1S/C18H14Cl2N4O3/c1-2-10(19)11(20)6-5-9-21-16(26)14-15(25)17(27)24-13-8-4-3-7-12(13)22-18(24)23-14/h2-8,25H,1,9H2,(H,21,26)(H,22,23)/b6-5+,11-10-. The molecule has 0 atom stereocenters. The highest BCUT2D eigenvalue weighted by Crippen LogP contribution is 2.17. The van der Waals surface area contributed by atoms with E-state index in [4.69, 9.17) is 23.2 Å². The highest BCUT2D eigenvalue weighted by atomic mass is 35.5. The zero-order valence-corrected chi connectivity index (χ0v) is 15.4. The molecule has 0 unspecified atom stereocenters. The van der Waals surface area contributed by atoms with Crippen molar-refractivity contribution in [2.24, 2.45) is 0 Å². The monoisotopic (exact) mass is 404 g/mol. The number of H-pyrrole nitrogens is 1. The van der Waals surface area contributed by atoms with Crippen LogP contribution < -0.4 is 10.9 Å². The van der Waals surface area contributed by atoms with Gasteiger partial charge in [0.1, 0.15) is 0 Å². The Balaban J connectivity index is 1.88. The summed E-state index contributed by atoms with van der Waals surface area (Å²) in [5.74, 6) is -1.28. The van der Waals surface area contributed by atoms with Crippen molar-refractivity contribution in [3.8, 4) is 5.75 Å². The Kier molecular flexibility index (Phi) is 5.34. The minimum absolute atomic E-state index is 0.0869. The number of rotatable bonds is 5. The number of halogens is 2. The van der Waals surface area contributed by atoms with Gasteiger partial charge in [0.05, 0.1) is 21.1 Å². The maximum absolute atomic E-state index is 12.5. The fourth-order valence-electron chi connectivity index (χ4n) is 2.45. The van der Waals surface area contributed by atoms with E-state index in [0.29, 0.717) is 11.0 Å². The van der Waals surface area contributed by atoms with Gasteiger partial charge in [-0.15, -0.1) is 0 Å². The fourth-order valence-corrected chi connectivity index (χ4v) is 2.68. The number of carbonyl (C=O) groups is 1. The summed E-state index contributed by atoms with van der Waals surface area (Å²) in [6.45, 7) is 3.57. The third kappa shape index (κ3) is 3.60. The van der Waals surface area contributed by atoms with E-state index in [0.717, 1.165) is 0 Å². The maximum Gasteiger partial charge on any atom is 0.302 e. The van der Waals surface area contributed by atoms with Crippen molar-refractivity contribution < 1.29 is 9.90 Å². The normalized spacial score (nSPS) is 12.5. The quantitative estimate of drug-likeness (QED) is 0.568. The largest absolute Gasteiger partial charge is 0.501 e. The summed E-state index contributed by atoms with van der Waals surface area (Å²) in [5, 5.41) is 13.2. The Morgan fingerprint density at radius 3 is 2.81 bits per heavy atom. The van der Waals surface area contributed by atoms with Gasteiger partial charge in [-0.2, -0.15) is 0 Å². The van der Waals surface area contributed by atoms with Crippen molar-refractivity contribution in [1.29, 1.82) is 0 Å². The van der Waals surface area contributed by atoms with Gasteiger partial charge in [0.2, 0.25) is 11.5 Å². The summed E-state index contributed by atoms with van der Waals surface area (Å²) >= 11 is 11.7. The van der Waals surface area contributed by atoms with E-state index in [1.54, 1.807) is 30.3 Å². The molecule has 138 valence electrons. The summed E-state index contributed by atoms with van der Waals surface area (Å²) in [6.07, 6.45) is 4.43. The van der Waals surface area contributed by atoms with Gasteiger partial charge in [0, 0.05) is 6.54 Å². The zero-order valence-electron chi connectivity index (χ0n) is 13.9. The first kappa shape index (κ1) is 18.8. The number of aromatic hydroxyl groups is 1.